The molecular weight excluding hydrogens is 356 g/mol. The molecule has 3 rings (SSSR count). The lowest BCUT2D eigenvalue weighted by atomic mass is 9.95. The quantitative estimate of drug-likeness (QED) is 0.748. The predicted octanol–water partition coefficient (Wildman–Crippen LogP) is 1.97. The van der Waals surface area contributed by atoms with E-state index in [4.69, 9.17) is 4.74 Å². The summed E-state index contributed by atoms with van der Waals surface area (Å²) in [5.41, 5.74) is -0.233. The molecule has 0 bridgehead atoms. The molecule has 2 atom stereocenters. The number of nitrogens with one attached hydrogen (secondary N) is 2. The van der Waals surface area contributed by atoms with Crippen molar-refractivity contribution in [3.8, 4) is 0 Å². The van der Waals surface area contributed by atoms with E-state index in [9.17, 15) is 9.59 Å². The number of carbonyl (C=O) groups excluding carboxylic acids is 2. The fraction of sp³-hybridized carbons (Fsp3) is 0.905. The summed E-state index contributed by atoms with van der Waals surface area (Å²) in [6.45, 7) is 10.3. The molecule has 0 aromatic carbocycles. The van der Waals surface area contributed by atoms with Crippen molar-refractivity contribution in [2.75, 3.05) is 39.3 Å². The second-order valence-corrected chi connectivity index (χ2v) is 9.57. The Morgan fingerprint density at radius 2 is 1.71 bits per heavy atom. The molecular formula is C21H38N4O3. The fourth-order valence-electron chi connectivity index (χ4n) is 4.68. The highest BCUT2D eigenvalue weighted by Crippen LogP contribution is 2.31. The van der Waals surface area contributed by atoms with E-state index < -0.39 is 0 Å². The molecule has 7 nitrogen and oxygen atoms in total. The Labute approximate surface area is 169 Å². The van der Waals surface area contributed by atoms with Gasteiger partial charge in [0.25, 0.3) is 0 Å². The highest BCUT2D eigenvalue weighted by Gasteiger charge is 2.37. The maximum atomic E-state index is 13.1. The molecule has 2 heterocycles. The highest BCUT2D eigenvalue weighted by molar-refractivity contribution is 5.82. The number of rotatable bonds is 5. The highest BCUT2D eigenvalue weighted by atomic mass is 16.5. The molecule has 3 amide bonds. The minimum atomic E-state index is -0.233. The molecule has 0 radical (unpaired) electrons. The Kier molecular flexibility index (Phi) is 7.20. The van der Waals surface area contributed by atoms with Gasteiger partial charge in [0.2, 0.25) is 5.91 Å². The molecule has 0 spiro atoms. The van der Waals surface area contributed by atoms with Gasteiger partial charge in [-0.15, -0.1) is 0 Å². The van der Waals surface area contributed by atoms with Crippen molar-refractivity contribution in [1.29, 1.82) is 0 Å². The number of piperazine rings is 1. The van der Waals surface area contributed by atoms with Crippen LogP contribution in [0.5, 0.6) is 0 Å². The van der Waals surface area contributed by atoms with Gasteiger partial charge in [-0.05, 0) is 52.4 Å². The van der Waals surface area contributed by atoms with Gasteiger partial charge in [-0.25, -0.2) is 4.79 Å². The lowest BCUT2D eigenvalue weighted by Gasteiger charge is -2.41. The zero-order chi connectivity index (χ0) is 20.1. The second-order valence-electron chi connectivity index (χ2n) is 9.57. The number of hydrogen-bond donors (Lipinski definition) is 2. The summed E-state index contributed by atoms with van der Waals surface area (Å²) < 4.78 is 5.65. The first-order chi connectivity index (χ1) is 13.3. The van der Waals surface area contributed by atoms with Crippen molar-refractivity contribution in [3.05, 3.63) is 0 Å². The van der Waals surface area contributed by atoms with E-state index >= 15 is 0 Å². The standard InChI is InChI=1S/C21H38N4O3/c1-21(2,3)23-20(27)25-12-10-24(11-13-25)18(16-7-4-5-8-16)19(26)22-15-17-9-6-14-28-17/h16-18H,4-15H2,1-3H3,(H,22,26)(H,23,27). The average molecular weight is 395 g/mol. The SMILES string of the molecule is CC(C)(C)NC(=O)N1CCN(C(C(=O)NCC2CCCO2)C2CCCC2)CC1. The van der Waals surface area contributed by atoms with Crippen LogP contribution in [0.25, 0.3) is 0 Å². The topological polar surface area (TPSA) is 73.9 Å². The Morgan fingerprint density at radius 3 is 2.29 bits per heavy atom. The molecule has 1 aliphatic carbocycles. The maximum absolute atomic E-state index is 13.1. The molecule has 2 N–H and O–H groups in total. The molecule has 160 valence electrons. The minimum absolute atomic E-state index is 0.00704. The van der Waals surface area contributed by atoms with E-state index in [2.05, 4.69) is 15.5 Å². The van der Waals surface area contributed by atoms with E-state index in [1.165, 1.54) is 12.8 Å². The van der Waals surface area contributed by atoms with Crippen LogP contribution in [0.3, 0.4) is 0 Å². The van der Waals surface area contributed by atoms with E-state index in [0.717, 1.165) is 45.4 Å². The zero-order valence-corrected chi connectivity index (χ0v) is 17.8. The van der Waals surface area contributed by atoms with Crippen molar-refractivity contribution in [3.63, 3.8) is 0 Å². The normalized spacial score (nSPS) is 25.7. The number of ether oxygens (including phenoxy) is 1. The molecule has 3 aliphatic rings. The van der Waals surface area contributed by atoms with Gasteiger partial charge in [0.1, 0.15) is 0 Å². The van der Waals surface area contributed by atoms with Crippen molar-refractivity contribution in [2.24, 2.45) is 5.92 Å². The second kappa shape index (κ2) is 9.44. The number of hydrogen-bond acceptors (Lipinski definition) is 4. The van der Waals surface area contributed by atoms with E-state index in [0.29, 0.717) is 25.6 Å². The van der Waals surface area contributed by atoms with Gasteiger partial charge >= 0.3 is 6.03 Å². The molecule has 3 fully saturated rings. The van der Waals surface area contributed by atoms with E-state index in [-0.39, 0.29) is 29.6 Å². The van der Waals surface area contributed by atoms with Crippen molar-refractivity contribution in [1.82, 2.24) is 20.4 Å². The summed E-state index contributed by atoms with van der Waals surface area (Å²) >= 11 is 0. The van der Waals surface area contributed by atoms with Crippen LogP contribution in [0, 0.1) is 5.92 Å². The minimum Gasteiger partial charge on any atom is -0.376 e. The predicted molar refractivity (Wildman–Crippen MR) is 109 cm³/mol. The lowest BCUT2D eigenvalue weighted by Crippen LogP contribution is -2.60. The number of nitrogens with zero attached hydrogens (tertiary/aromatic N) is 2. The van der Waals surface area contributed by atoms with Crippen molar-refractivity contribution in [2.45, 2.75) is 77.0 Å². The van der Waals surface area contributed by atoms with Crippen LogP contribution in [0.1, 0.15) is 59.3 Å². The maximum Gasteiger partial charge on any atom is 0.317 e. The third kappa shape index (κ3) is 5.83. The number of carbonyl (C=O) groups is 2. The van der Waals surface area contributed by atoms with Gasteiger partial charge in [-0.1, -0.05) is 12.8 Å². The van der Waals surface area contributed by atoms with Crippen LogP contribution in [-0.4, -0.2) is 78.8 Å². The Morgan fingerprint density at radius 1 is 1.04 bits per heavy atom. The first-order valence-electron chi connectivity index (χ1n) is 11.0. The van der Waals surface area contributed by atoms with Crippen LogP contribution in [0.4, 0.5) is 4.79 Å². The van der Waals surface area contributed by atoms with Gasteiger partial charge in [0.15, 0.2) is 0 Å². The van der Waals surface area contributed by atoms with Gasteiger partial charge in [0, 0.05) is 44.9 Å². The third-order valence-electron chi connectivity index (χ3n) is 6.12. The van der Waals surface area contributed by atoms with Crippen molar-refractivity contribution < 1.29 is 14.3 Å². The van der Waals surface area contributed by atoms with Crippen LogP contribution < -0.4 is 10.6 Å². The summed E-state index contributed by atoms with van der Waals surface area (Å²) in [7, 11) is 0. The number of amides is 3. The van der Waals surface area contributed by atoms with E-state index in [1.54, 1.807) is 0 Å². The monoisotopic (exact) mass is 394 g/mol. The lowest BCUT2D eigenvalue weighted by molar-refractivity contribution is -0.129. The summed E-state index contributed by atoms with van der Waals surface area (Å²) in [4.78, 5) is 29.7. The molecule has 28 heavy (non-hydrogen) atoms. The summed E-state index contributed by atoms with van der Waals surface area (Å²) in [5, 5.41) is 6.20. The fourth-order valence-corrected chi connectivity index (χ4v) is 4.68. The molecule has 1 saturated carbocycles. The van der Waals surface area contributed by atoms with Gasteiger partial charge in [-0.3, -0.25) is 9.69 Å². The average Bonchev–Trinajstić information content (AvgIpc) is 3.33. The zero-order valence-electron chi connectivity index (χ0n) is 17.8. The molecule has 7 heteroatoms. The summed E-state index contributed by atoms with van der Waals surface area (Å²) in [6, 6.07) is -0.0795. The van der Waals surface area contributed by atoms with Crippen LogP contribution in [-0.2, 0) is 9.53 Å². The van der Waals surface area contributed by atoms with E-state index in [1.807, 2.05) is 25.7 Å². The first kappa shape index (κ1) is 21.4. The van der Waals surface area contributed by atoms with Crippen LogP contribution >= 0.6 is 0 Å². The molecule has 2 aliphatic heterocycles. The molecule has 2 unspecified atom stereocenters. The summed E-state index contributed by atoms with van der Waals surface area (Å²) in [6.07, 6.45) is 6.99. The largest absolute Gasteiger partial charge is 0.376 e. The third-order valence-corrected chi connectivity index (χ3v) is 6.12. The Balaban J connectivity index is 1.55. The van der Waals surface area contributed by atoms with Crippen LogP contribution in [0.2, 0.25) is 0 Å². The Hall–Kier alpha value is -1.34. The molecule has 0 aromatic rings. The van der Waals surface area contributed by atoms with Crippen molar-refractivity contribution >= 4 is 11.9 Å². The number of urea groups is 1. The smallest absolute Gasteiger partial charge is 0.317 e. The van der Waals surface area contributed by atoms with Gasteiger partial charge in [-0.2, -0.15) is 0 Å². The van der Waals surface area contributed by atoms with Crippen LogP contribution in [0.15, 0.2) is 0 Å². The summed E-state index contributed by atoms with van der Waals surface area (Å²) in [5.74, 6) is 0.578. The molecule has 0 aromatic heterocycles. The van der Waals surface area contributed by atoms with Gasteiger partial charge in [0.05, 0.1) is 12.1 Å². The molecule has 2 saturated heterocycles. The Bertz CT molecular complexity index is 528. The first-order valence-corrected chi connectivity index (χ1v) is 11.0. The van der Waals surface area contributed by atoms with Gasteiger partial charge < -0.3 is 20.3 Å².